The lowest BCUT2D eigenvalue weighted by atomic mass is 10.1. The third kappa shape index (κ3) is 1.09. The van der Waals surface area contributed by atoms with Gasteiger partial charge in [0.05, 0.1) is 0 Å². The van der Waals surface area contributed by atoms with Gasteiger partial charge in [-0.1, -0.05) is 12.1 Å². The van der Waals surface area contributed by atoms with Gasteiger partial charge in [0.1, 0.15) is 6.33 Å². The number of aryl methyl sites for hydroxylation is 1. The summed E-state index contributed by atoms with van der Waals surface area (Å²) in [5, 5.41) is 6.67. The van der Waals surface area contributed by atoms with Crippen LogP contribution in [0.4, 0.5) is 0 Å². The Bertz CT molecular complexity index is 365. The lowest BCUT2D eigenvalue weighted by Gasteiger charge is -1.97. The van der Waals surface area contributed by atoms with Crippen molar-refractivity contribution < 1.29 is 0 Å². The molecule has 3 nitrogen and oxygen atoms in total. The van der Waals surface area contributed by atoms with Crippen molar-refractivity contribution >= 4 is 0 Å². The Labute approximate surface area is 70.5 Å². The summed E-state index contributed by atoms with van der Waals surface area (Å²) in [5.41, 5.74) is 2.19. The fraction of sp³-hybridized carbons (Fsp3) is 0.111. The van der Waals surface area contributed by atoms with E-state index in [1.807, 2.05) is 25.1 Å². The van der Waals surface area contributed by atoms with Crippen LogP contribution in [-0.2, 0) is 0 Å². The maximum absolute atomic E-state index is 4.06. The first-order valence-corrected chi connectivity index (χ1v) is 3.71. The average molecular weight is 158 g/mol. The molecule has 0 aliphatic rings. The van der Waals surface area contributed by atoms with Crippen LogP contribution in [0.2, 0.25) is 0 Å². The smallest absolute Gasteiger partial charge is 0.181 e. The quantitative estimate of drug-likeness (QED) is 0.684. The molecule has 0 spiro atoms. The molecule has 1 radical (unpaired) electrons. The van der Waals surface area contributed by atoms with Crippen molar-refractivity contribution in [2.45, 2.75) is 6.92 Å². The maximum Gasteiger partial charge on any atom is 0.181 e. The molecule has 1 heterocycles. The first-order chi connectivity index (χ1) is 5.88. The summed E-state index contributed by atoms with van der Waals surface area (Å²) in [6.07, 6.45) is 1.57. The van der Waals surface area contributed by atoms with E-state index in [9.17, 15) is 0 Å². The summed E-state index contributed by atoms with van der Waals surface area (Å²) < 4.78 is 0. The molecule has 0 fully saturated rings. The van der Waals surface area contributed by atoms with E-state index in [1.54, 1.807) is 6.33 Å². The number of hydrogen-bond acceptors (Lipinski definition) is 2. The zero-order valence-electron chi connectivity index (χ0n) is 6.70. The molecule has 0 aliphatic carbocycles. The molecule has 2 rings (SSSR count). The number of nitrogens with one attached hydrogen (secondary N) is 1. The Hall–Kier alpha value is -1.64. The van der Waals surface area contributed by atoms with Crippen molar-refractivity contribution in [3.05, 3.63) is 36.2 Å². The third-order valence-electron chi connectivity index (χ3n) is 1.74. The summed E-state index contributed by atoms with van der Waals surface area (Å²) in [7, 11) is 0. The van der Waals surface area contributed by atoms with E-state index in [-0.39, 0.29) is 0 Å². The highest BCUT2D eigenvalue weighted by Gasteiger charge is 2.02. The molecule has 0 unspecified atom stereocenters. The highest BCUT2D eigenvalue weighted by Crippen LogP contribution is 2.17. The van der Waals surface area contributed by atoms with Crippen LogP contribution >= 0.6 is 0 Å². The van der Waals surface area contributed by atoms with E-state index in [1.165, 1.54) is 0 Å². The third-order valence-corrected chi connectivity index (χ3v) is 1.74. The van der Waals surface area contributed by atoms with Crippen LogP contribution in [0.5, 0.6) is 0 Å². The second-order valence-corrected chi connectivity index (χ2v) is 2.56. The van der Waals surface area contributed by atoms with Gasteiger partial charge in [-0.2, -0.15) is 5.10 Å². The molecule has 0 saturated carbocycles. The summed E-state index contributed by atoms with van der Waals surface area (Å²) in [5.74, 6) is 0.726. The largest absolute Gasteiger partial charge is 0.265 e. The average Bonchev–Trinajstić information content (AvgIpc) is 2.57. The molecule has 3 heteroatoms. The number of H-pyrrole nitrogens is 1. The second kappa shape index (κ2) is 2.77. The van der Waals surface area contributed by atoms with Crippen molar-refractivity contribution in [3.8, 4) is 11.4 Å². The standard InChI is InChI=1S/C9H8N3/c1-7-4-2-3-5-8(7)9-10-6-11-12-9/h2,4-6H,1H3,(H,10,11,12). The zero-order valence-corrected chi connectivity index (χ0v) is 6.70. The van der Waals surface area contributed by atoms with Crippen LogP contribution in [0.25, 0.3) is 11.4 Å². The molecule has 59 valence electrons. The van der Waals surface area contributed by atoms with E-state index in [0.717, 1.165) is 17.0 Å². The van der Waals surface area contributed by atoms with Gasteiger partial charge in [-0.15, -0.1) is 0 Å². The Morgan fingerprint density at radius 2 is 2.42 bits per heavy atom. The summed E-state index contributed by atoms with van der Waals surface area (Å²) >= 11 is 0. The van der Waals surface area contributed by atoms with Crippen molar-refractivity contribution in [3.63, 3.8) is 0 Å². The molecule has 1 aromatic heterocycles. The zero-order chi connectivity index (χ0) is 8.39. The van der Waals surface area contributed by atoms with Gasteiger partial charge in [0.15, 0.2) is 5.82 Å². The number of aromatic amines is 1. The number of nitrogens with zero attached hydrogens (tertiary/aromatic N) is 2. The normalized spacial score (nSPS) is 10.1. The SMILES string of the molecule is Cc1cc[c]cc1-c1nc[nH]n1. The van der Waals surface area contributed by atoms with Crippen LogP contribution in [0.3, 0.4) is 0 Å². The van der Waals surface area contributed by atoms with Crippen LogP contribution in [0, 0.1) is 13.0 Å². The Balaban J connectivity index is 2.55. The maximum atomic E-state index is 4.06. The van der Waals surface area contributed by atoms with Crippen molar-refractivity contribution in [1.29, 1.82) is 0 Å². The monoisotopic (exact) mass is 158 g/mol. The van der Waals surface area contributed by atoms with E-state index in [2.05, 4.69) is 21.2 Å². The summed E-state index contributed by atoms with van der Waals surface area (Å²) in [6, 6.07) is 8.76. The highest BCUT2D eigenvalue weighted by atomic mass is 15.2. The molecule has 2 aromatic rings. The van der Waals surface area contributed by atoms with E-state index < -0.39 is 0 Å². The minimum atomic E-state index is 0.726. The molecule has 1 aromatic carbocycles. The second-order valence-electron chi connectivity index (χ2n) is 2.56. The molecule has 0 bridgehead atoms. The molecule has 0 saturated heterocycles. The number of rotatable bonds is 1. The van der Waals surface area contributed by atoms with Crippen LogP contribution in [0.1, 0.15) is 5.56 Å². The predicted octanol–water partition coefficient (Wildman–Crippen LogP) is 1.58. The topological polar surface area (TPSA) is 41.6 Å². The van der Waals surface area contributed by atoms with Crippen LogP contribution in [0.15, 0.2) is 24.5 Å². The van der Waals surface area contributed by atoms with Gasteiger partial charge >= 0.3 is 0 Å². The fourth-order valence-electron chi connectivity index (χ4n) is 1.09. The minimum absolute atomic E-state index is 0.726. The Morgan fingerprint density at radius 3 is 3.08 bits per heavy atom. The minimum Gasteiger partial charge on any atom is -0.265 e. The first-order valence-electron chi connectivity index (χ1n) is 3.71. The molecule has 0 amide bonds. The van der Waals surface area contributed by atoms with Gasteiger partial charge < -0.3 is 0 Å². The van der Waals surface area contributed by atoms with Gasteiger partial charge in [-0.3, -0.25) is 5.10 Å². The van der Waals surface area contributed by atoms with Gasteiger partial charge in [0, 0.05) is 5.56 Å². The van der Waals surface area contributed by atoms with Crippen molar-refractivity contribution in [2.75, 3.05) is 0 Å². The first kappa shape index (κ1) is 7.03. The van der Waals surface area contributed by atoms with Crippen LogP contribution < -0.4 is 0 Å². The van der Waals surface area contributed by atoms with Gasteiger partial charge in [-0.05, 0) is 24.6 Å². The van der Waals surface area contributed by atoms with Gasteiger partial charge in [0.2, 0.25) is 0 Å². The molecular formula is C9H8N3. The molecule has 1 N–H and O–H groups in total. The lowest BCUT2D eigenvalue weighted by Crippen LogP contribution is -1.84. The van der Waals surface area contributed by atoms with E-state index in [4.69, 9.17) is 0 Å². The van der Waals surface area contributed by atoms with Crippen molar-refractivity contribution in [2.24, 2.45) is 0 Å². The van der Waals surface area contributed by atoms with Gasteiger partial charge in [-0.25, -0.2) is 4.98 Å². The molecule has 0 atom stereocenters. The fourth-order valence-corrected chi connectivity index (χ4v) is 1.09. The Morgan fingerprint density at radius 1 is 1.50 bits per heavy atom. The summed E-state index contributed by atoms with van der Waals surface area (Å²) in [6.45, 7) is 2.03. The molecular weight excluding hydrogens is 150 g/mol. The highest BCUT2D eigenvalue weighted by molar-refractivity contribution is 5.58. The summed E-state index contributed by atoms with van der Waals surface area (Å²) in [4.78, 5) is 4.06. The van der Waals surface area contributed by atoms with Crippen LogP contribution in [-0.4, -0.2) is 15.2 Å². The predicted molar refractivity (Wildman–Crippen MR) is 45.4 cm³/mol. The van der Waals surface area contributed by atoms with E-state index in [0.29, 0.717) is 0 Å². The van der Waals surface area contributed by atoms with Gasteiger partial charge in [0.25, 0.3) is 0 Å². The number of hydrogen-bond donors (Lipinski definition) is 1. The number of aromatic nitrogens is 3. The van der Waals surface area contributed by atoms with Crippen molar-refractivity contribution in [1.82, 2.24) is 15.2 Å². The molecule has 0 aliphatic heterocycles. The lowest BCUT2D eigenvalue weighted by molar-refractivity contribution is 1.09. The molecule has 12 heavy (non-hydrogen) atoms. The number of benzene rings is 1. The van der Waals surface area contributed by atoms with E-state index >= 15 is 0 Å². The Kier molecular flexibility index (Phi) is 1.63.